The molecule has 2 rings (SSSR count). The maximum absolute atomic E-state index is 11.8. The molecule has 1 aromatic rings. The van der Waals surface area contributed by atoms with Crippen LogP contribution in [-0.4, -0.2) is 64.3 Å². The zero-order valence-electron chi connectivity index (χ0n) is 18.2. The summed E-state index contributed by atoms with van der Waals surface area (Å²) in [6.45, 7) is 8.96. The number of hydrogen-bond acceptors (Lipinski definition) is 5. The lowest BCUT2D eigenvalue weighted by molar-refractivity contribution is -0.121. The number of guanidine groups is 1. The van der Waals surface area contributed by atoms with Gasteiger partial charge in [-0.05, 0) is 27.2 Å². The van der Waals surface area contributed by atoms with Gasteiger partial charge < -0.3 is 30.3 Å². The van der Waals surface area contributed by atoms with Crippen LogP contribution in [0.2, 0.25) is 0 Å². The Hall–Kier alpha value is -2.64. The van der Waals surface area contributed by atoms with Gasteiger partial charge in [-0.2, -0.15) is 0 Å². The zero-order valence-corrected chi connectivity index (χ0v) is 18.2. The van der Waals surface area contributed by atoms with E-state index in [1.54, 1.807) is 14.2 Å². The Morgan fingerprint density at radius 2 is 1.93 bits per heavy atom. The van der Waals surface area contributed by atoms with Gasteiger partial charge in [-0.15, -0.1) is 0 Å². The molecular weight excluding hydrogens is 370 g/mol. The van der Waals surface area contributed by atoms with Crippen molar-refractivity contribution in [2.75, 3.05) is 45.3 Å². The van der Waals surface area contributed by atoms with Gasteiger partial charge in [0.1, 0.15) is 11.5 Å². The highest BCUT2D eigenvalue weighted by atomic mass is 16.5. The molecule has 29 heavy (non-hydrogen) atoms. The SMILES string of the molecule is CCNC(=NCCC(=O)NC(C)C)NC1CCN(c2cc(OC)cc(OC)c2)C1. The number of carbonyl (C=O) groups is 1. The van der Waals surface area contributed by atoms with E-state index >= 15 is 0 Å². The summed E-state index contributed by atoms with van der Waals surface area (Å²) in [6.07, 6.45) is 1.38. The fourth-order valence-electron chi connectivity index (χ4n) is 3.26. The topological polar surface area (TPSA) is 87.2 Å². The van der Waals surface area contributed by atoms with Crippen molar-refractivity contribution in [1.82, 2.24) is 16.0 Å². The number of amides is 1. The fraction of sp³-hybridized carbons (Fsp3) is 0.619. The molecule has 0 saturated carbocycles. The van der Waals surface area contributed by atoms with Crippen molar-refractivity contribution in [2.45, 2.75) is 45.7 Å². The van der Waals surface area contributed by atoms with Crippen LogP contribution in [0.5, 0.6) is 11.5 Å². The molecule has 8 heteroatoms. The van der Waals surface area contributed by atoms with E-state index in [2.05, 4.69) is 25.8 Å². The maximum Gasteiger partial charge on any atom is 0.222 e. The third-order valence-electron chi connectivity index (χ3n) is 4.63. The lowest BCUT2D eigenvalue weighted by atomic mass is 10.2. The molecule has 0 bridgehead atoms. The molecule has 0 aromatic heterocycles. The monoisotopic (exact) mass is 405 g/mol. The van der Waals surface area contributed by atoms with Gasteiger partial charge in [-0.3, -0.25) is 9.79 Å². The van der Waals surface area contributed by atoms with Crippen molar-refractivity contribution < 1.29 is 14.3 Å². The number of methoxy groups -OCH3 is 2. The molecule has 0 spiro atoms. The van der Waals surface area contributed by atoms with Crippen molar-refractivity contribution in [2.24, 2.45) is 4.99 Å². The second-order valence-electron chi connectivity index (χ2n) is 7.38. The van der Waals surface area contributed by atoms with Crippen LogP contribution in [0.25, 0.3) is 0 Å². The standard InChI is InChI=1S/C21H35N5O3/c1-6-22-21(23-9-7-20(27)24-15(2)3)25-16-8-10-26(14-16)17-11-18(28-4)13-19(12-17)29-5/h11-13,15-16H,6-10,14H2,1-5H3,(H,24,27)(H2,22,23,25). The molecule has 1 aromatic carbocycles. The van der Waals surface area contributed by atoms with Crippen LogP contribution in [0, 0.1) is 0 Å². The first-order chi connectivity index (χ1) is 13.9. The number of rotatable bonds is 9. The Morgan fingerprint density at radius 3 is 2.52 bits per heavy atom. The van der Waals surface area contributed by atoms with E-state index in [-0.39, 0.29) is 18.0 Å². The highest BCUT2D eigenvalue weighted by molar-refractivity contribution is 5.81. The first-order valence-electron chi connectivity index (χ1n) is 10.3. The van der Waals surface area contributed by atoms with E-state index in [0.717, 1.165) is 49.2 Å². The number of ether oxygens (including phenoxy) is 2. The van der Waals surface area contributed by atoms with E-state index in [9.17, 15) is 4.79 Å². The highest BCUT2D eigenvalue weighted by Gasteiger charge is 2.24. The van der Waals surface area contributed by atoms with Crippen LogP contribution in [0.1, 0.15) is 33.6 Å². The fourth-order valence-corrected chi connectivity index (χ4v) is 3.26. The Balaban J connectivity index is 1.93. The van der Waals surface area contributed by atoms with Crippen molar-refractivity contribution >= 4 is 17.6 Å². The minimum absolute atomic E-state index is 0.0265. The molecule has 1 aliphatic rings. The van der Waals surface area contributed by atoms with E-state index < -0.39 is 0 Å². The number of nitrogens with zero attached hydrogens (tertiary/aromatic N) is 2. The number of carbonyl (C=O) groups excluding carboxylic acids is 1. The summed E-state index contributed by atoms with van der Waals surface area (Å²) in [7, 11) is 3.32. The van der Waals surface area contributed by atoms with Gasteiger partial charge >= 0.3 is 0 Å². The second kappa shape index (κ2) is 11.4. The Kier molecular flexibility index (Phi) is 8.89. The lowest BCUT2D eigenvalue weighted by Gasteiger charge is -2.21. The molecule has 162 valence electrons. The van der Waals surface area contributed by atoms with Crippen molar-refractivity contribution in [1.29, 1.82) is 0 Å². The third kappa shape index (κ3) is 7.36. The Morgan fingerprint density at radius 1 is 1.24 bits per heavy atom. The lowest BCUT2D eigenvalue weighted by Crippen LogP contribution is -2.44. The summed E-state index contributed by atoms with van der Waals surface area (Å²) in [5.41, 5.74) is 1.08. The molecule has 1 unspecified atom stereocenters. The molecule has 0 aliphatic carbocycles. The Labute approximate surface area is 174 Å². The van der Waals surface area contributed by atoms with Gasteiger partial charge in [-0.1, -0.05) is 0 Å². The van der Waals surface area contributed by atoms with E-state index in [4.69, 9.17) is 9.47 Å². The number of anilines is 1. The minimum Gasteiger partial charge on any atom is -0.497 e. The number of benzene rings is 1. The molecule has 1 fully saturated rings. The van der Waals surface area contributed by atoms with Gasteiger partial charge in [0.05, 0.1) is 20.8 Å². The minimum atomic E-state index is 0.0265. The van der Waals surface area contributed by atoms with Crippen molar-refractivity contribution in [3.8, 4) is 11.5 Å². The molecule has 0 radical (unpaired) electrons. The van der Waals surface area contributed by atoms with Crippen molar-refractivity contribution in [3.05, 3.63) is 18.2 Å². The molecule has 1 heterocycles. The van der Waals surface area contributed by atoms with E-state index in [0.29, 0.717) is 13.0 Å². The predicted molar refractivity (Wildman–Crippen MR) is 117 cm³/mol. The van der Waals surface area contributed by atoms with Crippen LogP contribution in [0.15, 0.2) is 23.2 Å². The van der Waals surface area contributed by atoms with Crippen molar-refractivity contribution in [3.63, 3.8) is 0 Å². The largest absolute Gasteiger partial charge is 0.497 e. The number of nitrogens with one attached hydrogen (secondary N) is 3. The zero-order chi connectivity index (χ0) is 21.2. The van der Waals surface area contributed by atoms with Crippen LogP contribution in [0.3, 0.4) is 0 Å². The molecule has 8 nitrogen and oxygen atoms in total. The van der Waals surface area contributed by atoms with Crippen LogP contribution >= 0.6 is 0 Å². The summed E-state index contributed by atoms with van der Waals surface area (Å²) in [5.74, 6) is 2.34. The predicted octanol–water partition coefficient (Wildman–Crippen LogP) is 1.75. The highest BCUT2D eigenvalue weighted by Crippen LogP contribution is 2.30. The number of aliphatic imine (C=N–C) groups is 1. The molecular formula is C21H35N5O3. The quantitative estimate of drug-likeness (QED) is 0.429. The summed E-state index contributed by atoms with van der Waals surface area (Å²) in [6, 6.07) is 6.35. The van der Waals surface area contributed by atoms with Crippen LogP contribution in [-0.2, 0) is 4.79 Å². The third-order valence-corrected chi connectivity index (χ3v) is 4.63. The summed E-state index contributed by atoms with van der Waals surface area (Å²) < 4.78 is 10.8. The summed E-state index contributed by atoms with van der Waals surface area (Å²) >= 11 is 0. The average molecular weight is 406 g/mol. The van der Waals surface area contributed by atoms with Gasteiger partial charge in [0.2, 0.25) is 5.91 Å². The van der Waals surface area contributed by atoms with E-state index in [1.165, 1.54) is 0 Å². The molecule has 1 atom stereocenters. The van der Waals surface area contributed by atoms with E-state index in [1.807, 2.05) is 39.0 Å². The molecule has 1 aliphatic heterocycles. The first-order valence-corrected chi connectivity index (χ1v) is 10.3. The average Bonchev–Trinajstić information content (AvgIpc) is 3.15. The van der Waals surface area contributed by atoms with Gasteiger partial charge in [0.15, 0.2) is 5.96 Å². The second-order valence-corrected chi connectivity index (χ2v) is 7.38. The molecule has 1 amide bonds. The number of hydrogen-bond donors (Lipinski definition) is 3. The summed E-state index contributed by atoms with van der Waals surface area (Å²) in [4.78, 5) is 18.7. The maximum atomic E-state index is 11.8. The van der Waals surface area contributed by atoms with Gasteiger partial charge in [-0.25, -0.2) is 0 Å². The van der Waals surface area contributed by atoms with Crippen LogP contribution in [0.4, 0.5) is 5.69 Å². The summed E-state index contributed by atoms with van der Waals surface area (Å²) in [5, 5.41) is 9.64. The normalized spacial score (nSPS) is 16.7. The Bertz CT molecular complexity index is 671. The van der Waals surface area contributed by atoms with Gasteiger partial charge in [0, 0.05) is 62.0 Å². The van der Waals surface area contributed by atoms with Crippen LogP contribution < -0.4 is 30.3 Å². The van der Waals surface area contributed by atoms with Gasteiger partial charge in [0.25, 0.3) is 0 Å². The first kappa shape index (κ1) is 22.6. The molecule has 1 saturated heterocycles. The smallest absolute Gasteiger partial charge is 0.222 e. The molecule has 3 N–H and O–H groups in total.